The maximum atomic E-state index is 12.4. The number of carbonyl (C=O) groups excluding carboxylic acids is 1. The van der Waals surface area contributed by atoms with Crippen LogP contribution in [-0.2, 0) is 0 Å². The van der Waals surface area contributed by atoms with Gasteiger partial charge in [-0.3, -0.25) is 4.79 Å². The second kappa shape index (κ2) is 6.75. The minimum absolute atomic E-state index is 0.0381. The lowest BCUT2D eigenvalue weighted by atomic mass is 10.1. The van der Waals surface area contributed by atoms with Gasteiger partial charge in [0.1, 0.15) is 5.76 Å². The predicted octanol–water partition coefficient (Wildman–Crippen LogP) is 2.55. The van der Waals surface area contributed by atoms with Gasteiger partial charge in [-0.15, -0.1) is 0 Å². The Labute approximate surface area is 130 Å². The maximum absolute atomic E-state index is 12.4. The number of benzene rings is 1. The highest BCUT2D eigenvalue weighted by Crippen LogP contribution is 2.18. The zero-order valence-corrected chi connectivity index (χ0v) is 12.8. The van der Waals surface area contributed by atoms with Crippen molar-refractivity contribution in [2.45, 2.75) is 25.8 Å². The lowest BCUT2D eigenvalue weighted by Gasteiger charge is -2.24. The van der Waals surface area contributed by atoms with Gasteiger partial charge in [-0.1, -0.05) is 35.5 Å². The summed E-state index contributed by atoms with van der Waals surface area (Å²) in [6.07, 6.45) is 2.47. The molecule has 116 valence electrons. The van der Waals surface area contributed by atoms with Crippen molar-refractivity contribution in [3.63, 3.8) is 0 Å². The van der Waals surface area contributed by atoms with Crippen LogP contribution >= 0.6 is 0 Å². The molecular formula is C17H21N3O2. The molecule has 1 unspecified atom stereocenters. The molecule has 1 amide bonds. The van der Waals surface area contributed by atoms with Gasteiger partial charge in [-0.05, 0) is 38.4 Å². The van der Waals surface area contributed by atoms with Crippen LogP contribution in [0, 0.1) is 6.92 Å². The van der Waals surface area contributed by atoms with Crippen LogP contribution in [0.5, 0.6) is 0 Å². The third kappa shape index (κ3) is 3.54. The van der Waals surface area contributed by atoms with E-state index >= 15 is 0 Å². The monoisotopic (exact) mass is 299 g/mol. The van der Waals surface area contributed by atoms with Gasteiger partial charge in [-0.25, -0.2) is 0 Å². The summed E-state index contributed by atoms with van der Waals surface area (Å²) in [5.74, 6) is 0.450. The minimum atomic E-state index is -0.190. The summed E-state index contributed by atoms with van der Waals surface area (Å²) in [7, 11) is 0. The van der Waals surface area contributed by atoms with E-state index in [9.17, 15) is 4.79 Å². The standard InChI is InChI=1S/C17H21N3O2/c1-13-11-15(19-22-13)17(21)18-16(12-20-9-5-6-10-20)14-7-3-2-4-8-14/h2-4,7-8,11,16H,5-6,9-10,12H2,1H3,(H,18,21). The summed E-state index contributed by atoms with van der Waals surface area (Å²) in [6.45, 7) is 4.81. The van der Waals surface area contributed by atoms with Crippen LogP contribution < -0.4 is 5.32 Å². The molecule has 0 saturated carbocycles. The molecule has 1 aromatic heterocycles. The molecule has 22 heavy (non-hydrogen) atoms. The van der Waals surface area contributed by atoms with Gasteiger partial charge >= 0.3 is 0 Å². The number of likely N-dealkylation sites (tertiary alicyclic amines) is 1. The predicted molar refractivity (Wildman–Crippen MR) is 83.6 cm³/mol. The average Bonchev–Trinajstić information content (AvgIpc) is 3.19. The number of aryl methyl sites for hydroxylation is 1. The topological polar surface area (TPSA) is 58.4 Å². The molecule has 5 heteroatoms. The molecule has 3 rings (SSSR count). The number of hydrogen-bond acceptors (Lipinski definition) is 4. The zero-order valence-electron chi connectivity index (χ0n) is 12.8. The summed E-state index contributed by atoms with van der Waals surface area (Å²) in [6, 6.07) is 11.7. The molecule has 1 atom stereocenters. The molecule has 1 saturated heterocycles. The Bertz CT molecular complexity index is 618. The number of hydrogen-bond donors (Lipinski definition) is 1. The van der Waals surface area contributed by atoms with Crippen molar-refractivity contribution in [2.75, 3.05) is 19.6 Å². The van der Waals surface area contributed by atoms with Crippen LogP contribution in [0.1, 0.15) is 40.7 Å². The molecule has 1 N–H and O–H groups in total. The van der Waals surface area contributed by atoms with Crippen molar-refractivity contribution in [1.29, 1.82) is 0 Å². The van der Waals surface area contributed by atoms with Gasteiger partial charge in [0.25, 0.3) is 5.91 Å². The maximum Gasteiger partial charge on any atom is 0.274 e. The molecule has 2 aromatic rings. The van der Waals surface area contributed by atoms with Gasteiger partial charge in [-0.2, -0.15) is 0 Å². The van der Waals surface area contributed by atoms with E-state index in [4.69, 9.17) is 4.52 Å². The van der Waals surface area contributed by atoms with Crippen LogP contribution in [0.3, 0.4) is 0 Å². The lowest BCUT2D eigenvalue weighted by Crippen LogP contribution is -2.37. The van der Waals surface area contributed by atoms with Gasteiger partial charge in [0.05, 0.1) is 6.04 Å². The van der Waals surface area contributed by atoms with Crippen LogP contribution in [0.2, 0.25) is 0 Å². The SMILES string of the molecule is Cc1cc(C(=O)NC(CN2CCCC2)c2ccccc2)no1. The number of carbonyl (C=O) groups is 1. The fraction of sp³-hybridized carbons (Fsp3) is 0.412. The first kappa shape index (κ1) is 14.8. The number of rotatable bonds is 5. The summed E-state index contributed by atoms with van der Waals surface area (Å²) < 4.78 is 4.99. The summed E-state index contributed by atoms with van der Waals surface area (Å²) in [4.78, 5) is 14.8. The lowest BCUT2D eigenvalue weighted by molar-refractivity contribution is 0.0918. The number of nitrogens with one attached hydrogen (secondary N) is 1. The van der Waals surface area contributed by atoms with Crippen LogP contribution in [0.4, 0.5) is 0 Å². The molecule has 1 fully saturated rings. The number of amides is 1. The number of nitrogens with zero attached hydrogens (tertiary/aromatic N) is 2. The second-order valence-corrected chi connectivity index (χ2v) is 5.77. The fourth-order valence-corrected chi connectivity index (χ4v) is 2.85. The first-order valence-corrected chi connectivity index (χ1v) is 7.74. The highest BCUT2D eigenvalue weighted by atomic mass is 16.5. The van der Waals surface area contributed by atoms with Crippen molar-refractivity contribution in [1.82, 2.24) is 15.4 Å². The third-order valence-electron chi connectivity index (χ3n) is 4.01. The molecule has 0 bridgehead atoms. The highest BCUT2D eigenvalue weighted by Gasteiger charge is 2.22. The first-order chi connectivity index (χ1) is 10.7. The second-order valence-electron chi connectivity index (χ2n) is 5.77. The summed E-state index contributed by atoms with van der Waals surface area (Å²) >= 11 is 0. The van der Waals surface area contributed by atoms with E-state index in [0.717, 1.165) is 25.2 Å². The zero-order chi connectivity index (χ0) is 15.4. The molecule has 2 heterocycles. The Hall–Kier alpha value is -2.14. The Balaban J connectivity index is 1.74. The Morgan fingerprint density at radius 2 is 2.05 bits per heavy atom. The van der Waals surface area contributed by atoms with Crippen LogP contribution in [-0.4, -0.2) is 35.6 Å². The fourth-order valence-electron chi connectivity index (χ4n) is 2.85. The van der Waals surface area contributed by atoms with Gasteiger partial charge < -0.3 is 14.7 Å². The van der Waals surface area contributed by atoms with Gasteiger partial charge in [0.15, 0.2) is 5.69 Å². The summed E-state index contributed by atoms with van der Waals surface area (Å²) in [5.41, 5.74) is 1.45. The van der Waals surface area contributed by atoms with Crippen LogP contribution in [0.25, 0.3) is 0 Å². The number of aromatic nitrogens is 1. The molecule has 0 aliphatic carbocycles. The third-order valence-corrected chi connectivity index (χ3v) is 4.01. The van der Waals surface area contributed by atoms with E-state index in [1.54, 1.807) is 13.0 Å². The van der Waals surface area contributed by atoms with Gasteiger partial charge in [0, 0.05) is 12.6 Å². The van der Waals surface area contributed by atoms with E-state index in [1.807, 2.05) is 18.2 Å². The van der Waals surface area contributed by atoms with E-state index in [-0.39, 0.29) is 11.9 Å². The van der Waals surface area contributed by atoms with Crippen molar-refractivity contribution in [3.8, 4) is 0 Å². The smallest absolute Gasteiger partial charge is 0.274 e. The molecule has 0 spiro atoms. The van der Waals surface area contributed by atoms with E-state index in [1.165, 1.54) is 12.8 Å². The van der Waals surface area contributed by atoms with E-state index in [0.29, 0.717) is 11.5 Å². The molecule has 1 aromatic carbocycles. The largest absolute Gasteiger partial charge is 0.361 e. The van der Waals surface area contributed by atoms with Crippen LogP contribution in [0.15, 0.2) is 40.9 Å². The Morgan fingerprint density at radius 3 is 2.68 bits per heavy atom. The van der Waals surface area contributed by atoms with E-state index in [2.05, 4.69) is 27.5 Å². The minimum Gasteiger partial charge on any atom is -0.361 e. The normalized spacial score (nSPS) is 16.6. The van der Waals surface area contributed by atoms with Crippen molar-refractivity contribution in [3.05, 3.63) is 53.4 Å². The Morgan fingerprint density at radius 1 is 1.32 bits per heavy atom. The molecule has 5 nitrogen and oxygen atoms in total. The molecule has 1 aliphatic rings. The molecule has 1 aliphatic heterocycles. The Kier molecular flexibility index (Phi) is 4.53. The van der Waals surface area contributed by atoms with Gasteiger partial charge in [0.2, 0.25) is 0 Å². The van der Waals surface area contributed by atoms with Crippen molar-refractivity contribution >= 4 is 5.91 Å². The summed E-state index contributed by atoms with van der Waals surface area (Å²) in [5, 5.41) is 6.88. The average molecular weight is 299 g/mol. The van der Waals surface area contributed by atoms with E-state index < -0.39 is 0 Å². The quantitative estimate of drug-likeness (QED) is 0.922. The molecule has 0 radical (unpaired) electrons. The highest BCUT2D eigenvalue weighted by molar-refractivity contribution is 5.92. The van der Waals surface area contributed by atoms with Crippen molar-refractivity contribution < 1.29 is 9.32 Å². The van der Waals surface area contributed by atoms with Crippen molar-refractivity contribution in [2.24, 2.45) is 0 Å². The first-order valence-electron chi connectivity index (χ1n) is 7.74. The molecular weight excluding hydrogens is 278 g/mol.